The first kappa shape index (κ1) is 17.0. The number of aromatic nitrogens is 6. The van der Waals surface area contributed by atoms with Crippen molar-refractivity contribution in [3.63, 3.8) is 0 Å². The monoisotopic (exact) mass is 393 g/mol. The van der Waals surface area contributed by atoms with E-state index < -0.39 is 11.6 Å². The molecule has 3 N–H and O–H groups in total. The van der Waals surface area contributed by atoms with E-state index in [2.05, 4.69) is 25.5 Å². The fraction of sp³-hybridized carbons (Fsp3) is 0.0526. The maximum Gasteiger partial charge on any atom is 0.181 e. The van der Waals surface area contributed by atoms with Crippen molar-refractivity contribution in [3.8, 4) is 11.4 Å². The first-order valence-corrected chi connectivity index (χ1v) is 8.61. The Labute approximate surface area is 161 Å². The predicted molar refractivity (Wildman–Crippen MR) is 101 cm³/mol. The molecule has 0 saturated heterocycles. The minimum atomic E-state index is -0.752. The summed E-state index contributed by atoms with van der Waals surface area (Å²) in [6.45, 7) is -0.358. The van der Waals surface area contributed by atoms with Crippen LogP contribution in [0.3, 0.4) is 0 Å². The molecule has 3 heterocycles. The SMILES string of the molecule is Nc1cc(OCc2c(F)cc(-n3ncc4ccccc43)cc2F)c2nn[nH]c2n1. The quantitative estimate of drug-likeness (QED) is 0.486. The molecular formula is C19H13F2N7O. The molecule has 0 aliphatic rings. The van der Waals surface area contributed by atoms with E-state index in [1.54, 1.807) is 6.20 Å². The van der Waals surface area contributed by atoms with Crippen LogP contribution in [0, 0.1) is 11.6 Å². The number of nitrogen functional groups attached to an aromatic ring is 1. The Morgan fingerprint density at radius 3 is 2.72 bits per heavy atom. The molecule has 2 aromatic carbocycles. The molecule has 0 spiro atoms. The number of benzene rings is 2. The summed E-state index contributed by atoms with van der Waals surface area (Å²) < 4.78 is 36.5. The topological polar surface area (TPSA) is 108 Å². The standard InChI is InChI=1S/C19H13F2N7O/c20-13-5-11(28-15-4-2-1-3-10(15)8-23-28)6-14(21)12(13)9-29-16-7-17(22)24-19-18(16)25-27-26-19/h1-8H,9H2,(H3,22,24,25,26,27). The van der Waals surface area contributed by atoms with Gasteiger partial charge in [0.05, 0.1) is 23.0 Å². The lowest BCUT2D eigenvalue weighted by molar-refractivity contribution is 0.295. The number of rotatable bonds is 4. The zero-order chi connectivity index (χ0) is 20.0. The van der Waals surface area contributed by atoms with Gasteiger partial charge < -0.3 is 10.5 Å². The van der Waals surface area contributed by atoms with Crippen LogP contribution in [0.25, 0.3) is 27.8 Å². The van der Waals surface area contributed by atoms with Gasteiger partial charge >= 0.3 is 0 Å². The molecule has 29 heavy (non-hydrogen) atoms. The van der Waals surface area contributed by atoms with Crippen molar-refractivity contribution in [2.75, 3.05) is 5.73 Å². The number of H-pyrrole nitrogens is 1. The summed E-state index contributed by atoms with van der Waals surface area (Å²) >= 11 is 0. The van der Waals surface area contributed by atoms with Crippen molar-refractivity contribution in [1.82, 2.24) is 30.2 Å². The van der Waals surface area contributed by atoms with E-state index in [9.17, 15) is 8.78 Å². The van der Waals surface area contributed by atoms with Crippen molar-refractivity contribution in [1.29, 1.82) is 0 Å². The molecule has 10 heteroatoms. The molecule has 0 aliphatic carbocycles. The van der Waals surface area contributed by atoms with Crippen molar-refractivity contribution in [2.45, 2.75) is 6.61 Å². The van der Waals surface area contributed by atoms with Crippen LogP contribution in [0.1, 0.15) is 5.56 Å². The molecule has 5 rings (SSSR count). The molecule has 0 unspecified atom stereocenters. The van der Waals surface area contributed by atoms with Gasteiger partial charge in [-0.2, -0.15) is 5.10 Å². The second-order valence-electron chi connectivity index (χ2n) is 6.35. The second kappa shape index (κ2) is 6.51. The molecule has 144 valence electrons. The summed E-state index contributed by atoms with van der Waals surface area (Å²) in [4.78, 5) is 4.01. The number of nitrogens with zero attached hydrogens (tertiary/aromatic N) is 5. The molecule has 0 bridgehead atoms. The predicted octanol–water partition coefficient (Wildman–Crippen LogP) is 3.13. The zero-order valence-electron chi connectivity index (χ0n) is 14.8. The van der Waals surface area contributed by atoms with Gasteiger partial charge in [-0.15, -0.1) is 5.10 Å². The molecule has 3 aromatic heterocycles. The highest BCUT2D eigenvalue weighted by Crippen LogP contribution is 2.26. The number of para-hydroxylation sites is 1. The number of hydrogen-bond donors (Lipinski definition) is 2. The van der Waals surface area contributed by atoms with Gasteiger partial charge in [0.2, 0.25) is 0 Å². The zero-order valence-corrected chi connectivity index (χ0v) is 14.8. The molecule has 0 amide bonds. The van der Waals surface area contributed by atoms with Crippen LogP contribution in [0.15, 0.2) is 48.7 Å². The highest BCUT2D eigenvalue weighted by molar-refractivity contribution is 5.80. The summed E-state index contributed by atoms with van der Waals surface area (Å²) in [5, 5.41) is 15.1. The van der Waals surface area contributed by atoms with E-state index in [0.717, 1.165) is 10.9 Å². The summed E-state index contributed by atoms with van der Waals surface area (Å²) in [6.07, 6.45) is 1.64. The van der Waals surface area contributed by atoms with E-state index >= 15 is 0 Å². The third-order valence-corrected chi connectivity index (χ3v) is 4.50. The number of nitrogens with one attached hydrogen (secondary N) is 1. The first-order valence-electron chi connectivity index (χ1n) is 8.61. The normalized spacial score (nSPS) is 11.4. The summed E-state index contributed by atoms with van der Waals surface area (Å²) in [7, 11) is 0. The molecule has 8 nitrogen and oxygen atoms in total. The van der Waals surface area contributed by atoms with Gasteiger partial charge in [-0.25, -0.2) is 23.5 Å². The summed E-state index contributed by atoms with van der Waals surface area (Å²) in [5.41, 5.74) is 7.14. The minimum absolute atomic E-state index is 0.167. The molecule has 0 saturated carbocycles. The summed E-state index contributed by atoms with van der Waals surface area (Å²) in [6, 6.07) is 11.3. The van der Waals surface area contributed by atoms with Crippen LogP contribution < -0.4 is 10.5 Å². The number of halogens is 2. The van der Waals surface area contributed by atoms with Crippen LogP contribution in [0.4, 0.5) is 14.6 Å². The van der Waals surface area contributed by atoms with Gasteiger partial charge in [0.15, 0.2) is 16.9 Å². The van der Waals surface area contributed by atoms with Gasteiger partial charge in [-0.05, 0) is 6.07 Å². The van der Waals surface area contributed by atoms with Gasteiger partial charge in [0, 0.05) is 23.6 Å². The van der Waals surface area contributed by atoms with Crippen LogP contribution in [0.2, 0.25) is 0 Å². The van der Waals surface area contributed by atoms with Gasteiger partial charge in [0.25, 0.3) is 0 Å². The Bertz CT molecular complexity index is 1340. The number of ether oxygens (including phenoxy) is 1. The fourth-order valence-electron chi connectivity index (χ4n) is 3.12. The van der Waals surface area contributed by atoms with Crippen molar-refractivity contribution in [2.24, 2.45) is 0 Å². The number of hydrogen-bond acceptors (Lipinski definition) is 6. The lowest BCUT2D eigenvalue weighted by Crippen LogP contribution is -2.06. The average molecular weight is 393 g/mol. The first-order chi connectivity index (χ1) is 14.1. The van der Waals surface area contributed by atoms with Crippen molar-refractivity contribution in [3.05, 3.63) is 65.9 Å². The molecule has 0 fully saturated rings. The van der Waals surface area contributed by atoms with E-state index in [0.29, 0.717) is 11.2 Å². The summed E-state index contributed by atoms with van der Waals surface area (Å²) in [5.74, 6) is -1.11. The fourth-order valence-corrected chi connectivity index (χ4v) is 3.12. The maximum absolute atomic E-state index is 14.7. The van der Waals surface area contributed by atoms with Crippen LogP contribution in [0.5, 0.6) is 5.75 Å². The lowest BCUT2D eigenvalue weighted by atomic mass is 10.2. The largest absolute Gasteiger partial charge is 0.486 e. The number of fused-ring (bicyclic) bond motifs is 2. The van der Waals surface area contributed by atoms with Crippen LogP contribution in [-0.2, 0) is 6.61 Å². The Balaban J connectivity index is 1.48. The number of aromatic amines is 1. The minimum Gasteiger partial charge on any atom is -0.486 e. The van der Waals surface area contributed by atoms with Crippen molar-refractivity contribution < 1.29 is 13.5 Å². The Morgan fingerprint density at radius 1 is 1.10 bits per heavy atom. The maximum atomic E-state index is 14.7. The number of nitrogens with two attached hydrogens (primary N) is 1. The third kappa shape index (κ3) is 2.90. The Hall–Kier alpha value is -4.08. The Kier molecular flexibility index (Phi) is 3.83. The van der Waals surface area contributed by atoms with Gasteiger partial charge in [-0.3, -0.25) is 0 Å². The second-order valence-corrected chi connectivity index (χ2v) is 6.35. The third-order valence-electron chi connectivity index (χ3n) is 4.50. The smallest absolute Gasteiger partial charge is 0.181 e. The molecule has 0 radical (unpaired) electrons. The molecule has 0 atom stereocenters. The van der Waals surface area contributed by atoms with Gasteiger partial charge in [0.1, 0.15) is 24.1 Å². The number of pyridine rings is 1. The van der Waals surface area contributed by atoms with Crippen LogP contribution >= 0.6 is 0 Å². The highest BCUT2D eigenvalue weighted by atomic mass is 19.1. The Morgan fingerprint density at radius 2 is 1.90 bits per heavy atom. The van der Waals surface area contributed by atoms with Crippen LogP contribution in [-0.4, -0.2) is 30.2 Å². The number of anilines is 1. The molecule has 5 aromatic rings. The van der Waals surface area contributed by atoms with E-state index in [-0.39, 0.29) is 29.4 Å². The van der Waals surface area contributed by atoms with E-state index in [1.807, 2.05) is 24.3 Å². The average Bonchev–Trinajstić information content (AvgIpc) is 3.33. The van der Waals surface area contributed by atoms with Gasteiger partial charge in [-0.1, -0.05) is 23.4 Å². The molecule has 0 aliphatic heterocycles. The lowest BCUT2D eigenvalue weighted by Gasteiger charge is -2.11. The van der Waals surface area contributed by atoms with E-state index in [4.69, 9.17) is 10.5 Å². The highest BCUT2D eigenvalue weighted by Gasteiger charge is 2.16. The van der Waals surface area contributed by atoms with E-state index in [1.165, 1.54) is 22.9 Å². The molecular weight excluding hydrogens is 380 g/mol. The van der Waals surface area contributed by atoms with Crippen molar-refractivity contribution >= 4 is 27.9 Å².